The first-order chi connectivity index (χ1) is 6.15. The van der Waals surface area contributed by atoms with Gasteiger partial charge in [0.25, 0.3) is 0 Å². The third-order valence-corrected chi connectivity index (χ3v) is 1.90. The minimum Gasteiger partial charge on any atom is -0.386 e. The lowest BCUT2D eigenvalue weighted by molar-refractivity contribution is 0.630. The van der Waals surface area contributed by atoms with Gasteiger partial charge >= 0.3 is 0 Å². The zero-order valence-electron chi connectivity index (χ0n) is 6.60. The largest absolute Gasteiger partial charge is 0.386 e. The van der Waals surface area contributed by atoms with E-state index in [4.69, 9.17) is 28.9 Å². The van der Waals surface area contributed by atoms with E-state index in [2.05, 4.69) is 4.99 Å². The molecule has 0 radical (unpaired) electrons. The highest BCUT2D eigenvalue weighted by Crippen LogP contribution is 2.24. The van der Waals surface area contributed by atoms with Crippen LogP contribution in [0.15, 0.2) is 23.2 Å². The van der Waals surface area contributed by atoms with Gasteiger partial charge in [-0.15, -0.1) is 11.6 Å². The maximum atomic E-state index is 13.2. The first-order valence-electron chi connectivity index (χ1n) is 3.48. The molecule has 0 aliphatic carbocycles. The van der Waals surface area contributed by atoms with Gasteiger partial charge in [0, 0.05) is 0 Å². The maximum Gasteiger partial charge on any atom is 0.167 e. The average Bonchev–Trinajstić information content (AvgIpc) is 2.13. The number of rotatable bonds is 2. The molecule has 0 fully saturated rings. The quantitative estimate of drug-likeness (QED) is 0.465. The second-order valence-electron chi connectivity index (χ2n) is 2.31. The van der Waals surface area contributed by atoms with Crippen LogP contribution >= 0.6 is 23.2 Å². The number of aliphatic imine (C=N–C) groups is 1. The molecule has 0 spiro atoms. The molecule has 0 saturated carbocycles. The van der Waals surface area contributed by atoms with Gasteiger partial charge in [-0.25, -0.2) is 9.38 Å². The summed E-state index contributed by atoms with van der Waals surface area (Å²) in [5.74, 6) is -0.369. The Labute approximate surface area is 85.2 Å². The summed E-state index contributed by atoms with van der Waals surface area (Å²) in [6.45, 7) is 0. The smallest absolute Gasteiger partial charge is 0.167 e. The van der Waals surface area contributed by atoms with Gasteiger partial charge in [-0.2, -0.15) is 0 Å². The fourth-order valence-electron chi connectivity index (χ4n) is 0.763. The molecule has 1 aromatic carbocycles. The molecule has 13 heavy (non-hydrogen) atoms. The van der Waals surface area contributed by atoms with Crippen LogP contribution in [-0.2, 0) is 0 Å². The third kappa shape index (κ3) is 2.57. The summed E-state index contributed by atoms with van der Waals surface area (Å²) < 4.78 is 13.2. The van der Waals surface area contributed by atoms with E-state index in [-0.39, 0.29) is 22.4 Å². The zero-order chi connectivity index (χ0) is 9.84. The van der Waals surface area contributed by atoms with Crippen LogP contribution in [0.4, 0.5) is 10.1 Å². The van der Waals surface area contributed by atoms with Gasteiger partial charge in [0.1, 0.15) is 11.5 Å². The molecule has 70 valence electrons. The minimum absolute atomic E-state index is 0.0172. The predicted molar refractivity (Wildman–Crippen MR) is 53.4 cm³/mol. The van der Waals surface area contributed by atoms with Crippen molar-refractivity contribution in [2.24, 2.45) is 10.7 Å². The monoisotopic (exact) mass is 220 g/mol. The molecule has 0 saturated heterocycles. The van der Waals surface area contributed by atoms with Gasteiger partial charge < -0.3 is 5.73 Å². The molecule has 0 aromatic heterocycles. The molecular formula is C8H7Cl2FN2. The van der Waals surface area contributed by atoms with Crippen LogP contribution in [0.5, 0.6) is 0 Å². The Morgan fingerprint density at radius 2 is 2.23 bits per heavy atom. The number of amidine groups is 1. The highest BCUT2D eigenvalue weighted by Gasteiger charge is 2.04. The molecular weight excluding hydrogens is 214 g/mol. The Morgan fingerprint density at radius 1 is 1.54 bits per heavy atom. The molecule has 0 bridgehead atoms. The van der Waals surface area contributed by atoms with Crippen LogP contribution in [0.1, 0.15) is 0 Å². The van der Waals surface area contributed by atoms with Gasteiger partial charge in [0.2, 0.25) is 0 Å². The van der Waals surface area contributed by atoms with Crippen molar-refractivity contribution < 1.29 is 4.39 Å². The Kier molecular flexibility index (Phi) is 3.51. The van der Waals surface area contributed by atoms with E-state index in [0.29, 0.717) is 0 Å². The lowest BCUT2D eigenvalue weighted by atomic mass is 10.3. The van der Waals surface area contributed by atoms with Gasteiger partial charge in [-0.05, 0) is 12.1 Å². The van der Waals surface area contributed by atoms with Crippen molar-refractivity contribution in [1.82, 2.24) is 0 Å². The van der Waals surface area contributed by atoms with Crippen molar-refractivity contribution in [3.63, 3.8) is 0 Å². The fourth-order valence-corrected chi connectivity index (χ4v) is 0.993. The lowest BCUT2D eigenvalue weighted by Crippen LogP contribution is -2.12. The van der Waals surface area contributed by atoms with Gasteiger partial charge in [-0.1, -0.05) is 17.7 Å². The van der Waals surface area contributed by atoms with E-state index in [0.717, 1.165) is 0 Å². The van der Waals surface area contributed by atoms with Crippen LogP contribution < -0.4 is 5.73 Å². The van der Waals surface area contributed by atoms with Crippen molar-refractivity contribution in [1.29, 1.82) is 0 Å². The molecule has 1 rings (SSSR count). The Balaban J connectivity index is 3.09. The van der Waals surface area contributed by atoms with Gasteiger partial charge in [-0.3, -0.25) is 0 Å². The predicted octanol–water partition coefficient (Wildman–Crippen LogP) is 2.71. The number of halogens is 3. The van der Waals surface area contributed by atoms with E-state index in [9.17, 15) is 4.39 Å². The van der Waals surface area contributed by atoms with Gasteiger partial charge in [0.05, 0.1) is 10.9 Å². The minimum atomic E-state index is -0.586. The third-order valence-electron chi connectivity index (χ3n) is 1.33. The van der Waals surface area contributed by atoms with Gasteiger partial charge in [0.15, 0.2) is 5.82 Å². The number of alkyl halides is 1. The fraction of sp³-hybridized carbons (Fsp3) is 0.125. The van der Waals surface area contributed by atoms with Crippen LogP contribution in [0, 0.1) is 5.82 Å². The van der Waals surface area contributed by atoms with Crippen LogP contribution in [0.3, 0.4) is 0 Å². The van der Waals surface area contributed by atoms with E-state index in [1.807, 2.05) is 0 Å². The summed E-state index contributed by atoms with van der Waals surface area (Å²) in [6, 6.07) is 4.50. The van der Waals surface area contributed by atoms with Crippen molar-refractivity contribution >= 4 is 34.7 Å². The number of benzene rings is 1. The molecule has 0 amide bonds. The lowest BCUT2D eigenvalue weighted by Gasteiger charge is -1.99. The van der Waals surface area contributed by atoms with Crippen molar-refractivity contribution in [2.75, 3.05) is 5.88 Å². The summed E-state index contributed by atoms with van der Waals surface area (Å²) in [5, 5.41) is 0.0172. The SMILES string of the molecule is NC(CCl)=Nc1cccc(Cl)c1F. The molecule has 0 unspecified atom stereocenters. The normalized spacial score (nSPS) is 11.8. The summed E-state index contributed by atoms with van der Waals surface area (Å²) in [7, 11) is 0. The highest BCUT2D eigenvalue weighted by atomic mass is 35.5. The number of hydrogen-bond donors (Lipinski definition) is 1. The van der Waals surface area contributed by atoms with E-state index in [1.165, 1.54) is 12.1 Å². The first kappa shape index (κ1) is 10.3. The molecule has 0 atom stereocenters. The molecule has 1 aromatic rings. The molecule has 0 aliphatic heterocycles. The molecule has 5 heteroatoms. The summed E-state index contributed by atoms with van der Waals surface area (Å²) in [4.78, 5) is 3.74. The first-order valence-corrected chi connectivity index (χ1v) is 4.39. The maximum absolute atomic E-state index is 13.2. The number of hydrogen-bond acceptors (Lipinski definition) is 1. The van der Waals surface area contributed by atoms with E-state index >= 15 is 0 Å². The highest BCUT2D eigenvalue weighted by molar-refractivity contribution is 6.31. The van der Waals surface area contributed by atoms with Crippen LogP contribution in [0.2, 0.25) is 5.02 Å². The molecule has 0 heterocycles. The second kappa shape index (κ2) is 4.44. The zero-order valence-corrected chi connectivity index (χ0v) is 8.11. The van der Waals surface area contributed by atoms with Crippen molar-refractivity contribution in [3.05, 3.63) is 29.0 Å². The second-order valence-corrected chi connectivity index (χ2v) is 2.98. The molecule has 2 nitrogen and oxygen atoms in total. The Hall–Kier alpha value is -0.800. The molecule has 0 aliphatic rings. The Morgan fingerprint density at radius 3 is 2.85 bits per heavy atom. The number of nitrogens with two attached hydrogens (primary N) is 1. The van der Waals surface area contributed by atoms with E-state index < -0.39 is 5.82 Å². The van der Waals surface area contributed by atoms with Crippen LogP contribution in [-0.4, -0.2) is 11.7 Å². The summed E-state index contributed by atoms with van der Waals surface area (Å²) in [5.41, 5.74) is 5.43. The van der Waals surface area contributed by atoms with Crippen molar-refractivity contribution in [2.45, 2.75) is 0 Å². The average molecular weight is 221 g/mol. The van der Waals surface area contributed by atoms with Crippen molar-refractivity contribution in [3.8, 4) is 0 Å². The standard InChI is InChI=1S/C8H7Cl2FN2/c9-4-7(12)13-6-3-1-2-5(10)8(6)11/h1-3H,4H2,(H2,12,13). The van der Waals surface area contributed by atoms with E-state index in [1.54, 1.807) is 6.07 Å². The van der Waals surface area contributed by atoms with Crippen LogP contribution in [0.25, 0.3) is 0 Å². The topological polar surface area (TPSA) is 38.4 Å². The number of nitrogens with zero attached hydrogens (tertiary/aromatic N) is 1. The molecule has 2 N–H and O–H groups in total. The Bertz CT molecular complexity index is 339. The summed E-state index contributed by atoms with van der Waals surface area (Å²) in [6.07, 6.45) is 0. The summed E-state index contributed by atoms with van der Waals surface area (Å²) >= 11 is 10.9.